The van der Waals surface area contributed by atoms with E-state index in [1.54, 1.807) is 31.3 Å². The van der Waals surface area contributed by atoms with Crippen LogP contribution in [-0.4, -0.2) is 55.8 Å². The fourth-order valence-electron chi connectivity index (χ4n) is 3.39. The van der Waals surface area contributed by atoms with Crippen molar-refractivity contribution in [3.05, 3.63) is 71.8 Å². The Morgan fingerprint density at radius 2 is 1.68 bits per heavy atom. The number of carbonyl (C=O) groups excluding carboxylic acids is 2. The van der Waals surface area contributed by atoms with Crippen molar-refractivity contribution in [2.45, 2.75) is 24.9 Å². The zero-order valence-electron chi connectivity index (χ0n) is 15.7. The highest BCUT2D eigenvalue weighted by atomic mass is 32.2. The Kier molecular flexibility index (Phi) is 6.14. The number of likely N-dealkylation sites (N-methyl/N-ethyl adjacent to an activating group) is 1. The quantitative estimate of drug-likeness (QED) is 0.800. The molecule has 0 aliphatic carbocycles. The second kappa shape index (κ2) is 8.56. The summed E-state index contributed by atoms with van der Waals surface area (Å²) in [5.41, 5.74) is 1.39. The second-order valence-corrected chi connectivity index (χ2v) is 9.32. The molecule has 2 unspecified atom stereocenters. The highest BCUT2D eigenvalue weighted by Gasteiger charge is 2.35. The molecule has 0 bridgehead atoms. The molecule has 0 aromatic heterocycles. The molecular weight excluding hydrogens is 376 g/mol. The molecule has 28 heavy (non-hydrogen) atoms. The molecule has 7 heteroatoms. The van der Waals surface area contributed by atoms with Gasteiger partial charge in [-0.2, -0.15) is 0 Å². The summed E-state index contributed by atoms with van der Waals surface area (Å²) in [7, 11) is -1.49. The minimum Gasteiger partial charge on any atom is -0.340 e. The largest absolute Gasteiger partial charge is 0.340 e. The normalized spacial score (nSPS) is 19.0. The van der Waals surface area contributed by atoms with Crippen LogP contribution in [0.5, 0.6) is 0 Å². The summed E-state index contributed by atoms with van der Waals surface area (Å²) in [4.78, 5) is 27.2. The van der Waals surface area contributed by atoms with Crippen LogP contribution in [0.15, 0.2) is 60.7 Å². The number of nitrogens with zero attached hydrogens (tertiary/aromatic N) is 1. The molecule has 2 aromatic rings. The summed E-state index contributed by atoms with van der Waals surface area (Å²) in [5.74, 6) is -0.549. The van der Waals surface area contributed by atoms with Crippen LogP contribution in [0.2, 0.25) is 0 Å². The standard InChI is InChI=1S/C21H24N2O4S/c1-23(18-12-13-28(26,27)15-18)21(25)19(14-16-8-4-2-5-9-16)22-20(24)17-10-6-3-7-11-17/h2-11,18-19H,12-15H2,1H3,(H,22,24). The predicted octanol–water partition coefficient (Wildman–Crippen LogP) is 1.67. The summed E-state index contributed by atoms with van der Waals surface area (Å²) in [6, 6.07) is 17.0. The zero-order chi connectivity index (χ0) is 20.1. The maximum absolute atomic E-state index is 13.1. The molecule has 1 aliphatic rings. The molecule has 1 fully saturated rings. The van der Waals surface area contributed by atoms with E-state index in [4.69, 9.17) is 0 Å². The lowest BCUT2D eigenvalue weighted by Crippen LogP contribution is -2.51. The maximum atomic E-state index is 13.1. The number of sulfone groups is 1. The SMILES string of the molecule is CN(C(=O)C(Cc1ccccc1)NC(=O)c1ccccc1)C1CCS(=O)(=O)C1. The first-order valence-corrected chi connectivity index (χ1v) is 11.0. The van der Waals surface area contributed by atoms with E-state index >= 15 is 0 Å². The first-order valence-electron chi connectivity index (χ1n) is 9.22. The van der Waals surface area contributed by atoms with E-state index < -0.39 is 15.9 Å². The fraction of sp³-hybridized carbons (Fsp3) is 0.333. The summed E-state index contributed by atoms with van der Waals surface area (Å²) >= 11 is 0. The molecule has 2 aromatic carbocycles. The first-order chi connectivity index (χ1) is 13.4. The van der Waals surface area contributed by atoms with Crippen molar-refractivity contribution in [2.75, 3.05) is 18.6 Å². The van der Waals surface area contributed by atoms with Crippen LogP contribution < -0.4 is 5.32 Å². The zero-order valence-corrected chi connectivity index (χ0v) is 16.6. The molecule has 148 valence electrons. The molecule has 1 N–H and O–H groups in total. The topological polar surface area (TPSA) is 83.6 Å². The lowest BCUT2D eigenvalue weighted by Gasteiger charge is -2.28. The van der Waals surface area contributed by atoms with Gasteiger partial charge in [0.1, 0.15) is 6.04 Å². The molecule has 1 saturated heterocycles. The van der Waals surface area contributed by atoms with Crippen molar-refractivity contribution in [3.8, 4) is 0 Å². The van der Waals surface area contributed by atoms with Crippen molar-refractivity contribution in [2.24, 2.45) is 0 Å². The monoisotopic (exact) mass is 400 g/mol. The van der Waals surface area contributed by atoms with Gasteiger partial charge in [0.2, 0.25) is 5.91 Å². The smallest absolute Gasteiger partial charge is 0.251 e. The van der Waals surface area contributed by atoms with Gasteiger partial charge in [-0.25, -0.2) is 8.42 Å². The van der Waals surface area contributed by atoms with Crippen molar-refractivity contribution >= 4 is 21.7 Å². The summed E-state index contributed by atoms with van der Waals surface area (Å²) in [5, 5.41) is 2.83. The van der Waals surface area contributed by atoms with Crippen molar-refractivity contribution in [1.29, 1.82) is 0 Å². The highest BCUT2D eigenvalue weighted by Crippen LogP contribution is 2.18. The average Bonchev–Trinajstić information content (AvgIpc) is 3.07. The van der Waals surface area contributed by atoms with Gasteiger partial charge in [-0.05, 0) is 24.1 Å². The van der Waals surface area contributed by atoms with Crippen LogP contribution >= 0.6 is 0 Å². The van der Waals surface area contributed by atoms with Crippen LogP contribution in [-0.2, 0) is 21.1 Å². The van der Waals surface area contributed by atoms with Gasteiger partial charge in [-0.3, -0.25) is 9.59 Å². The number of hydrogen-bond donors (Lipinski definition) is 1. The van der Waals surface area contributed by atoms with Crippen LogP contribution in [0.1, 0.15) is 22.3 Å². The van der Waals surface area contributed by atoms with Crippen LogP contribution in [0.3, 0.4) is 0 Å². The third kappa shape index (κ3) is 4.98. The Bertz CT molecular complexity index is 929. The molecule has 0 saturated carbocycles. The van der Waals surface area contributed by atoms with Gasteiger partial charge in [0.25, 0.3) is 5.91 Å². The van der Waals surface area contributed by atoms with Gasteiger partial charge in [0, 0.05) is 25.1 Å². The van der Waals surface area contributed by atoms with E-state index in [9.17, 15) is 18.0 Å². The fourth-order valence-corrected chi connectivity index (χ4v) is 5.16. The van der Waals surface area contributed by atoms with Gasteiger partial charge in [0.05, 0.1) is 11.5 Å². The summed E-state index contributed by atoms with van der Waals surface area (Å²) < 4.78 is 23.6. The third-order valence-corrected chi connectivity index (χ3v) is 6.78. The van der Waals surface area contributed by atoms with Crippen molar-refractivity contribution < 1.29 is 18.0 Å². The van der Waals surface area contributed by atoms with E-state index in [-0.39, 0.29) is 29.4 Å². The summed E-state index contributed by atoms with van der Waals surface area (Å²) in [6.45, 7) is 0. The van der Waals surface area contributed by atoms with Gasteiger partial charge < -0.3 is 10.2 Å². The average molecular weight is 401 g/mol. The number of nitrogens with one attached hydrogen (secondary N) is 1. The second-order valence-electron chi connectivity index (χ2n) is 7.09. The molecule has 1 aliphatic heterocycles. The first kappa shape index (κ1) is 20.1. The van der Waals surface area contributed by atoms with Crippen LogP contribution in [0, 0.1) is 0 Å². The Morgan fingerprint density at radius 1 is 1.07 bits per heavy atom. The lowest BCUT2D eigenvalue weighted by atomic mass is 10.0. The summed E-state index contributed by atoms with van der Waals surface area (Å²) in [6.07, 6.45) is 0.761. The van der Waals surface area contributed by atoms with E-state index in [0.717, 1.165) is 5.56 Å². The molecule has 0 radical (unpaired) electrons. The minimum absolute atomic E-state index is 0.0278. The van der Waals surface area contributed by atoms with Gasteiger partial charge in [-0.1, -0.05) is 48.5 Å². The molecule has 6 nitrogen and oxygen atoms in total. The maximum Gasteiger partial charge on any atom is 0.251 e. The Hall–Kier alpha value is -2.67. The number of hydrogen-bond acceptors (Lipinski definition) is 4. The van der Waals surface area contributed by atoms with E-state index in [0.29, 0.717) is 18.4 Å². The molecule has 2 amide bonds. The molecule has 0 spiro atoms. The third-order valence-electron chi connectivity index (χ3n) is 5.03. The van der Waals surface area contributed by atoms with E-state index in [1.807, 2.05) is 36.4 Å². The van der Waals surface area contributed by atoms with Crippen LogP contribution in [0.25, 0.3) is 0 Å². The van der Waals surface area contributed by atoms with Gasteiger partial charge in [0.15, 0.2) is 9.84 Å². The Morgan fingerprint density at radius 3 is 2.25 bits per heavy atom. The highest BCUT2D eigenvalue weighted by molar-refractivity contribution is 7.91. The Labute approximate surface area is 165 Å². The van der Waals surface area contributed by atoms with E-state index in [2.05, 4.69) is 5.32 Å². The Balaban J connectivity index is 1.78. The number of benzene rings is 2. The van der Waals surface area contributed by atoms with Gasteiger partial charge >= 0.3 is 0 Å². The van der Waals surface area contributed by atoms with E-state index in [1.165, 1.54) is 4.90 Å². The molecule has 2 atom stereocenters. The van der Waals surface area contributed by atoms with Gasteiger partial charge in [-0.15, -0.1) is 0 Å². The van der Waals surface area contributed by atoms with Crippen molar-refractivity contribution in [1.82, 2.24) is 10.2 Å². The van der Waals surface area contributed by atoms with Crippen LogP contribution in [0.4, 0.5) is 0 Å². The molecular formula is C21H24N2O4S. The number of carbonyl (C=O) groups is 2. The minimum atomic E-state index is -3.11. The predicted molar refractivity (Wildman–Crippen MR) is 108 cm³/mol. The molecule has 1 heterocycles. The van der Waals surface area contributed by atoms with Crippen molar-refractivity contribution in [3.63, 3.8) is 0 Å². The lowest BCUT2D eigenvalue weighted by molar-refractivity contribution is -0.133. The molecule has 3 rings (SSSR count). The number of amides is 2. The number of rotatable bonds is 6.